The van der Waals surface area contributed by atoms with Crippen molar-refractivity contribution < 1.29 is 14.4 Å². The van der Waals surface area contributed by atoms with Gasteiger partial charge in [0, 0.05) is 17.8 Å². The summed E-state index contributed by atoms with van der Waals surface area (Å²) in [5.74, 6) is -0.876. The van der Waals surface area contributed by atoms with Gasteiger partial charge in [0.15, 0.2) is 0 Å². The van der Waals surface area contributed by atoms with E-state index in [2.05, 4.69) is 0 Å². The molecule has 0 saturated heterocycles. The molecule has 0 atom stereocenters. The molecule has 0 aromatic carbocycles. The van der Waals surface area contributed by atoms with E-state index in [1.165, 1.54) is 0 Å². The Hall–Kier alpha value is -1.19. The minimum Gasteiger partial charge on any atom is -0.274 e. The molecule has 0 radical (unpaired) electrons. The summed E-state index contributed by atoms with van der Waals surface area (Å²) in [6, 6.07) is 0. The number of hydrogen-bond acceptors (Lipinski definition) is 3. The molecule has 3 saturated carbocycles. The average molecular weight is 347 g/mol. The molecule has 140 valence electrons. The number of imide groups is 3. The maximum absolute atomic E-state index is 13.2. The molecular formula is C21H33NO3. The number of carbonyl (C=O) groups is 3. The van der Waals surface area contributed by atoms with Crippen molar-refractivity contribution in [3.05, 3.63) is 0 Å². The highest BCUT2D eigenvalue weighted by Gasteiger charge is 2.40. The predicted octanol–water partition coefficient (Wildman–Crippen LogP) is 4.61. The van der Waals surface area contributed by atoms with Crippen LogP contribution < -0.4 is 0 Å². The normalized spacial score (nSPS) is 24.0. The Labute approximate surface area is 151 Å². The molecule has 0 aromatic rings. The summed E-state index contributed by atoms with van der Waals surface area (Å²) in [7, 11) is 0. The third-order valence-corrected chi connectivity index (χ3v) is 6.52. The van der Waals surface area contributed by atoms with Gasteiger partial charge in [0.1, 0.15) is 0 Å². The zero-order valence-electron chi connectivity index (χ0n) is 15.5. The van der Waals surface area contributed by atoms with Gasteiger partial charge < -0.3 is 0 Å². The lowest BCUT2D eigenvalue weighted by Gasteiger charge is -2.33. The standard InChI is InChI=1S/C21H33NO3/c23-19(16-10-4-1-5-11-16)22(20(24)17-12-6-2-7-13-17)21(25)18-14-8-3-9-15-18/h16-18H,1-15H2. The molecule has 0 bridgehead atoms. The van der Waals surface area contributed by atoms with Crippen LogP contribution >= 0.6 is 0 Å². The van der Waals surface area contributed by atoms with Crippen LogP contribution in [0, 0.1) is 17.8 Å². The van der Waals surface area contributed by atoms with E-state index in [1.54, 1.807) is 0 Å². The highest BCUT2D eigenvalue weighted by Crippen LogP contribution is 2.32. The van der Waals surface area contributed by atoms with Crippen molar-refractivity contribution in [3.63, 3.8) is 0 Å². The fourth-order valence-electron chi connectivity index (χ4n) is 4.92. The van der Waals surface area contributed by atoms with E-state index in [0.29, 0.717) is 0 Å². The summed E-state index contributed by atoms with van der Waals surface area (Å²) < 4.78 is 0. The monoisotopic (exact) mass is 347 g/mol. The minimum atomic E-state index is -0.175. The highest BCUT2D eigenvalue weighted by molar-refractivity contribution is 6.12. The molecule has 0 aliphatic heterocycles. The largest absolute Gasteiger partial charge is 0.274 e. The lowest BCUT2D eigenvalue weighted by Crippen LogP contribution is -2.50. The van der Waals surface area contributed by atoms with Gasteiger partial charge in [0.25, 0.3) is 0 Å². The first-order chi connectivity index (χ1) is 12.2. The maximum atomic E-state index is 13.2. The van der Waals surface area contributed by atoms with Crippen LogP contribution in [0.15, 0.2) is 0 Å². The molecule has 25 heavy (non-hydrogen) atoms. The van der Waals surface area contributed by atoms with Crippen molar-refractivity contribution in [3.8, 4) is 0 Å². The van der Waals surface area contributed by atoms with Crippen molar-refractivity contribution in [2.75, 3.05) is 0 Å². The van der Waals surface area contributed by atoms with Gasteiger partial charge >= 0.3 is 0 Å². The quantitative estimate of drug-likeness (QED) is 0.701. The number of rotatable bonds is 3. The molecule has 4 nitrogen and oxygen atoms in total. The second-order valence-electron chi connectivity index (χ2n) is 8.35. The van der Waals surface area contributed by atoms with E-state index >= 15 is 0 Å². The van der Waals surface area contributed by atoms with Gasteiger partial charge in [-0.1, -0.05) is 57.8 Å². The highest BCUT2D eigenvalue weighted by atomic mass is 16.2. The maximum Gasteiger partial charge on any atom is 0.239 e. The van der Waals surface area contributed by atoms with Gasteiger partial charge in [-0.15, -0.1) is 0 Å². The van der Waals surface area contributed by atoms with Gasteiger partial charge in [-0.2, -0.15) is 0 Å². The fraction of sp³-hybridized carbons (Fsp3) is 0.857. The summed E-state index contributed by atoms with van der Waals surface area (Å²) in [4.78, 5) is 40.6. The smallest absolute Gasteiger partial charge is 0.239 e. The van der Waals surface area contributed by atoms with E-state index in [9.17, 15) is 14.4 Å². The van der Waals surface area contributed by atoms with Crippen molar-refractivity contribution in [1.29, 1.82) is 0 Å². The lowest BCUT2D eigenvalue weighted by atomic mass is 9.84. The first-order valence-corrected chi connectivity index (χ1v) is 10.6. The van der Waals surface area contributed by atoms with Crippen LogP contribution in [0.3, 0.4) is 0 Å². The molecule has 3 fully saturated rings. The summed E-state index contributed by atoms with van der Waals surface area (Å²) in [6.45, 7) is 0. The van der Waals surface area contributed by atoms with Gasteiger partial charge in [-0.3, -0.25) is 14.4 Å². The van der Waals surface area contributed by atoms with Crippen LogP contribution in [0.2, 0.25) is 0 Å². The summed E-state index contributed by atoms with van der Waals surface area (Å²) in [5.41, 5.74) is 0. The number of nitrogens with zero attached hydrogens (tertiary/aromatic N) is 1. The second-order valence-corrected chi connectivity index (χ2v) is 8.35. The Kier molecular flexibility index (Phi) is 6.66. The molecule has 4 heteroatoms. The first-order valence-electron chi connectivity index (χ1n) is 10.6. The Morgan fingerprint density at radius 2 is 0.680 bits per heavy atom. The SMILES string of the molecule is O=C(C1CCCCC1)N(C(=O)C1CCCCC1)C(=O)C1CCCCC1. The van der Waals surface area contributed by atoms with E-state index in [4.69, 9.17) is 0 Å². The average Bonchev–Trinajstić information content (AvgIpc) is 2.70. The molecule has 3 aliphatic carbocycles. The molecule has 0 spiro atoms. The van der Waals surface area contributed by atoms with E-state index < -0.39 is 0 Å². The Morgan fingerprint density at radius 3 is 0.920 bits per heavy atom. The Balaban J connectivity index is 1.77. The third kappa shape index (κ3) is 4.51. The van der Waals surface area contributed by atoms with Gasteiger partial charge in [0.2, 0.25) is 17.7 Å². The Bertz CT molecular complexity index is 412. The van der Waals surface area contributed by atoms with E-state index in [1.807, 2.05) is 0 Å². The minimum absolute atomic E-state index is 0.117. The van der Waals surface area contributed by atoms with Gasteiger partial charge in [0.05, 0.1) is 0 Å². The summed E-state index contributed by atoms with van der Waals surface area (Å²) >= 11 is 0. The second kappa shape index (κ2) is 8.95. The molecule has 0 N–H and O–H groups in total. The van der Waals surface area contributed by atoms with Crippen LogP contribution in [-0.4, -0.2) is 22.6 Å². The van der Waals surface area contributed by atoms with Crippen molar-refractivity contribution in [2.24, 2.45) is 17.8 Å². The van der Waals surface area contributed by atoms with Crippen LogP contribution in [0.1, 0.15) is 96.3 Å². The summed E-state index contributed by atoms with van der Waals surface area (Å²) in [5, 5.41) is 0. The fourth-order valence-corrected chi connectivity index (χ4v) is 4.92. The van der Waals surface area contributed by atoms with Crippen LogP contribution in [0.4, 0.5) is 0 Å². The first kappa shape index (κ1) is 18.6. The van der Waals surface area contributed by atoms with Crippen molar-refractivity contribution in [2.45, 2.75) is 96.3 Å². The molecule has 0 aromatic heterocycles. The van der Waals surface area contributed by atoms with E-state index in [-0.39, 0.29) is 35.5 Å². The van der Waals surface area contributed by atoms with Crippen LogP contribution in [-0.2, 0) is 14.4 Å². The molecule has 0 unspecified atom stereocenters. The molecule has 3 aliphatic rings. The third-order valence-electron chi connectivity index (χ3n) is 6.52. The molecule has 3 rings (SSSR count). The van der Waals surface area contributed by atoms with Gasteiger partial charge in [-0.05, 0) is 38.5 Å². The van der Waals surface area contributed by atoms with Crippen molar-refractivity contribution >= 4 is 17.7 Å². The van der Waals surface area contributed by atoms with Crippen LogP contribution in [0.5, 0.6) is 0 Å². The molecule has 3 amide bonds. The zero-order valence-corrected chi connectivity index (χ0v) is 15.5. The zero-order chi connectivity index (χ0) is 17.6. The predicted molar refractivity (Wildman–Crippen MR) is 96.6 cm³/mol. The molecular weight excluding hydrogens is 314 g/mol. The molecule has 0 heterocycles. The topological polar surface area (TPSA) is 54.5 Å². The Morgan fingerprint density at radius 1 is 0.440 bits per heavy atom. The number of amides is 3. The van der Waals surface area contributed by atoms with Crippen LogP contribution in [0.25, 0.3) is 0 Å². The van der Waals surface area contributed by atoms with E-state index in [0.717, 1.165) is 101 Å². The van der Waals surface area contributed by atoms with Crippen molar-refractivity contribution in [1.82, 2.24) is 4.90 Å². The summed E-state index contributed by atoms with van der Waals surface area (Å²) in [6.07, 6.45) is 14.8. The number of hydrogen-bond donors (Lipinski definition) is 0. The number of carbonyl (C=O) groups excluding carboxylic acids is 3. The lowest BCUT2D eigenvalue weighted by molar-refractivity contribution is -0.161. The van der Waals surface area contributed by atoms with Gasteiger partial charge in [-0.25, -0.2) is 4.90 Å².